The lowest BCUT2D eigenvalue weighted by atomic mass is 9.96. The van der Waals surface area contributed by atoms with E-state index in [1.54, 1.807) is 0 Å². The smallest absolute Gasteiger partial charge is 0.220 e. The van der Waals surface area contributed by atoms with Crippen molar-refractivity contribution in [2.45, 2.75) is 45.4 Å². The molecule has 0 aliphatic heterocycles. The molecule has 0 aliphatic rings. The third kappa shape index (κ3) is 6.34. The van der Waals surface area contributed by atoms with Crippen molar-refractivity contribution in [1.29, 1.82) is 0 Å². The Labute approximate surface area is 125 Å². The molecular formula is C17H23NO3. The average Bonchev–Trinajstić information content (AvgIpc) is 2.46. The normalized spacial score (nSPS) is 11.9. The van der Waals surface area contributed by atoms with Gasteiger partial charge in [-0.1, -0.05) is 42.7 Å². The molecule has 21 heavy (non-hydrogen) atoms. The molecule has 0 unspecified atom stereocenters. The molecule has 0 fully saturated rings. The number of Topliss-reactive ketones (excluding diaryl/α,β-unsaturated/α-hetero) is 1. The molecule has 0 radical (unpaired) electrons. The predicted octanol–water partition coefficient (Wildman–Crippen LogP) is 2.82. The van der Waals surface area contributed by atoms with Gasteiger partial charge in [-0.05, 0) is 19.8 Å². The summed E-state index contributed by atoms with van der Waals surface area (Å²) in [7, 11) is 0. The van der Waals surface area contributed by atoms with E-state index in [-0.39, 0.29) is 18.1 Å². The van der Waals surface area contributed by atoms with Gasteiger partial charge in [-0.15, -0.1) is 0 Å². The second kappa shape index (κ2) is 9.06. The topological polar surface area (TPSA) is 77.2 Å². The summed E-state index contributed by atoms with van der Waals surface area (Å²) in [4.78, 5) is 33.5. The van der Waals surface area contributed by atoms with Gasteiger partial charge in [0.05, 0.1) is 0 Å². The van der Waals surface area contributed by atoms with Crippen LogP contribution in [0, 0.1) is 12.8 Å². The van der Waals surface area contributed by atoms with Crippen molar-refractivity contribution in [3.05, 3.63) is 35.4 Å². The first kappa shape index (κ1) is 17.1. The highest BCUT2D eigenvalue weighted by Gasteiger charge is 2.14. The van der Waals surface area contributed by atoms with Crippen molar-refractivity contribution < 1.29 is 14.4 Å². The van der Waals surface area contributed by atoms with Crippen molar-refractivity contribution in [2.24, 2.45) is 11.7 Å². The lowest BCUT2D eigenvalue weighted by Crippen LogP contribution is -2.23. The van der Waals surface area contributed by atoms with E-state index in [4.69, 9.17) is 5.73 Å². The quantitative estimate of drug-likeness (QED) is 0.409. The van der Waals surface area contributed by atoms with Gasteiger partial charge in [0.2, 0.25) is 5.91 Å². The summed E-state index contributed by atoms with van der Waals surface area (Å²) in [6, 6.07) is 7.57. The highest BCUT2D eigenvalue weighted by atomic mass is 16.1. The minimum absolute atomic E-state index is 0.148. The Bertz CT molecular complexity index is 479. The first-order chi connectivity index (χ1) is 10.0. The van der Waals surface area contributed by atoms with E-state index in [1.165, 1.54) is 0 Å². The molecule has 114 valence electrons. The highest BCUT2D eigenvalue weighted by molar-refractivity contribution is 5.96. The predicted molar refractivity (Wildman–Crippen MR) is 82.0 cm³/mol. The van der Waals surface area contributed by atoms with Crippen LogP contribution in [0.3, 0.4) is 0 Å². The van der Waals surface area contributed by atoms with E-state index in [2.05, 4.69) is 0 Å². The lowest BCUT2D eigenvalue weighted by Gasteiger charge is -2.09. The number of rotatable bonds is 10. The van der Waals surface area contributed by atoms with Crippen LogP contribution in [0.2, 0.25) is 0 Å². The van der Waals surface area contributed by atoms with Gasteiger partial charge in [0.15, 0.2) is 5.78 Å². The Kier molecular flexibility index (Phi) is 7.37. The van der Waals surface area contributed by atoms with Gasteiger partial charge >= 0.3 is 0 Å². The van der Waals surface area contributed by atoms with Crippen molar-refractivity contribution in [3.8, 4) is 0 Å². The van der Waals surface area contributed by atoms with Crippen LogP contribution in [0.15, 0.2) is 24.3 Å². The number of hydrogen-bond acceptors (Lipinski definition) is 3. The molecule has 0 saturated heterocycles. The average molecular weight is 289 g/mol. The van der Waals surface area contributed by atoms with Crippen LogP contribution >= 0.6 is 0 Å². The van der Waals surface area contributed by atoms with Crippen LogP contribution in [-0.2, 0) is 9.59 Å². The van der Waals surface area contributed by atoms with Crippen LogP contribution in [-0.4, -0.2) is 18.0 Å². The number of carbonyl (C=O) groups is 3. The molecule has 0 aromatic heterocycles. The number of unbranched alkanes of at least 4 members (excludes halogenated alkanes) is 2. The summed E-state index contributed by atoms with van der Waals surface area (Å²) in [5.41, 5.74) is 7.11. The Hall–Kier alpha value is -1.97. The molecule has 0 aliphatic carbocycles. The van der Waals surface area contributed by atoms with Crippen LogP contribution in [0.5, 0.6) is 0 Å². The molecule has 0 bridgehead atoms. The minimum Gasteiger partial charge on any atom is -0.369 e. The maximum absolute atomic E-state index is 11.9. The minimum atomic E-state index is -0.419. The number of aldehydes is 1. The fraction of sp³-hybridized carbons (Fsp3) is 0.471. The lowest BCUT2D eigenvalue weighted by molar-refractivity contribution is -0.124. The Morgan fingerprint density at radius 1 is 1.14 bits per heavy atom. The fourth-order valence-electron chi connectivity index (χ4n) is 2.23. The summed E-state index contributed by atoms with van der Waals surface area (Å²) in [6.07, 6.45) is 4.51. The largest absolute Gasteiger partial charge is 0.369 e. The SMILES string of the molecule is Cc1ccc(C(=O)CCCCC[C@H](CC=O)C(N)=O)cc1. The van der Waals surface area contributed by atoms with E-state index in [9.17, 15) is 14.4 Å². The van der Waals surface area contributed by atoms with Crippen LogP contribution in [0.4, 0.5) is 0 Å². The second-order valence-electron chi connectivity index (χ2n) is 5.39. The molecule has 1 aromatic rings. The van der Waals surface area contributed by atoms with Gasteiger partial charge in [0.25, 0.3) is 0 Å². The second-order valence-corrected chi connectivity index (χ2v) is 5.39. The number of aryl methyl sites for hydroxylation is 1. The van der Waals surface area contributed by atoms with E-state index in [0.717, 1.165) is 36.7 Å². The van der Waals surface area contributed by atoms with Gasteiger partial charge < -0.3 is 10.5 Å². The first-order valence-corrected chi connectivity index (χ1v) is 7.37. The molecule has 0 saturated carbocycles. The van der Waals surface area contributed by atoms with E-state index >= 15 is 0 Å². The van der Waals surface area contributed by atoms with Gasteiger partial charge in [0, 0.05) is 24.3 Å². The molecule has 1 rings (SSSR count). The zero-order valence-corrected chi connectivity index (χ0v) is 12.5. The molecule has 0 spiro atoms. The number of nitrogens with two attached hydrogens (primary N) is 1. The van der Waals surface area contributed by atoms with Gasteiger partial charge in [-0.3, -0.25) is 9.59 Å². The van der Waals surface area contributed by atoms with Crippen molar-refractivity contribution in [3.63, 3.8) is 0 Å². The monoisotopic (exact) mass is 289 g/mol. The highest BCUT2D eigenvalue weighted by Crippen LogP contribution is 2.15. The Morgan fingerprint density at radius 2 is 1.81 bits per heavy atom. The van der Waals surface area contributed by atoms with Crippen molar-refractivity contribution in [1.82, 2.24) is 0 Å². The zero-order chi connectivity index (χ0) is 15.7. The maximum Gasteiger partial charge on any atom is 0.220 e. The van der Waals surface area contributed by atoms with Crippen LogP contribution in [0.1, 0.15) is 54.4 Å². The first-order valence-electron chi connectivity index (χ1n) is 7.37. The number of amides is 1. The van der Waals surface area contributed by atoms with Gasteiger partial charge in [-0.25, -0.2) is 0 Å². The summed E-state index contributed by atoms with van der Waals surface area (Å²) in [5, 5.41) is 0. The summed E-state index contributed by atoms with van der Waals surface area (Å²) >= 11 is 0. The summed E-state index contributed by atoms with van der Waals surface area (Å²) < 4.78 is 0. The Balaban J connectivity index is 2.24. The maximum atomic E-state index is 11.9. The molecule has 1 amide bonds. The fourth-order valence-corrected chi connectivity index (χ4v) is 2.23. The number of primary amides is 1. The number of benzene rings is 1. The molecular weight excluding hydrogens is 266 g/mol. The molecule has 4 heteroatoms. The summed E-state index contributed by atoms with van der Waals surface area (Å²) in [6.45, 7) is 1.99. The third-order valence-electron chi connectivity index (χ3n) is 3.61. The van der Waals surface area contributed by atoms with Gasteiger partial charge in [0.1, 0.15) is 6.29 Å². The van der Waals surface area contributed by atoms with Gasteiger partial charge in [-0.2, -0.15) is 0 Å². The van der Waals surface area contributed by atoms with Crippen molar-refractivity contribution >= 4 is 18.0 Å². The Morgan fingerprint density at radius 3 is 2.38 bits per heavy atom. The van der Waals surface area contributed by atoms with E-state index in [0.29, 0.717) is 12.8 Å². The number of ketones is 1. The standard InChI is InChI=1S/C17H23NO3/c1-13-7-9-14(10-8-13)16(20)6-4-2-3-5-15(11-12-19)17(18)21/h7-10,12,15H,2-6,11H2,1H3,(H2,18,21)/t15-/m1/s1. The van der Waals surface area contributed by atoms with Crippen LogP contribution in [0.25, 0.3) is 0 Å². The third-order valence-corrected chi connectivity index (χ3v) is 3.61. The summed E-state index contributed by atoms with van der Waals surface area (Å²) in [5.74, 6) is -0.637. The van der Waals surface area contributed by atoms with Crippen molar-refractivity contribution in [2.75, 3.05) is 0 Å². The molecule has 1 aromatic carbocycles. The molecule has 1 atom stereocenters. The zero-order valence-electron chi connectivity index (χ0n) is 12.5. The van der Waals surface area contributed by atoms with E-state index < -0.39 is 5.91 Å². The number of carbonyl (C=O) groups excluding carboxylic acids is 3. The van der Waals surface area contributed by atoms with Crippen LogP contribution < -0.4 is 5.73 Å². The van der Waals surface area contributed by atoms with E-state index in [1.807, 2.05) is 31.2 Å². The molecule has 2 N–H and O–H groups in total. The number of hydrogen-bond donors (Lipinski definition) is 1. The molecule has 0 heterocycles. The molecule has 4 nitrogen and oxygen atoms in total.